The third-order valence-electron chi connectivity index (χ3n) is 7.35. The van der Waals surface area contributed by atoms with Crippen molar-refractivity contribution in [3.63, 3.8) is 0 Å². The first-order valence-corrected chi connectivity index (χ1v) is 14.8. The summed E-state index contributed by atoms with van der Waals surface area (Å²) in [5.41, 5.74) is -0.972. The first kappa shape index (κ1) is 34.5. The number of carbonyl (C=O) groups excluding carboxylic acids is 6. The van der Waals surface area contributed by atoms with Crippen LogP contribution in [0.15, 0.2) is 83.4 Å². The van der Waals surface area contributed by atoms with Gasteiger partial charge in [0.1, 0.15) is 16.7 Å². The Bertz CT molecular complexity index is 1500. The van der Waals surface area contributed by atoms with E-state index in [1.165, 1.54) is 43.4 Å². The summed E-state index contributed by atoms with van der Waals surface area (Å²) in [4.78, 5) is 74.6. The molecule has 47 heavy (non-hydrogen) atoms. The minimum Gasteiger partial charge on any atom is -0.480 e. The van der Waals surface area contributed by atoms with Crippen LogP contribution in [0, 0.1) is 0 Å². The van der Waals surface area contributed by atoms with Gasteiger partial charge in [0, 0.05) is 39.0 Å². The maximum absolute atomic E-state index is 12.7. The normalized spacial score (nSPS) is 28.1. The molecule has 0 bridgehead atoms. The lowest BCUT2D eigenvalue weighted by atomic mass is 9.87. The summed E-state index contributed by atoms with van der Waals surface area (Å²) >= 11 is 0. The average molecular weight is 655 g/mol. The summed E-state index contributed by atoms with van der Waals surface area (Å²) in [5.74, 6) is -10.5. The van der Waals surface area contributed by atoms with Gasteiger partial charge in [0.05, 0.1) is 13.0 Å². The third-order valence-corrected chi connectivity index (χ3v) is 7.35. The van der Waals surface area contributed by atoms with Crippen molar-refractivity contribution in [1.29, 1.82) is 0 Å². The van der Waals surface area contributed by atoms with Crippen molar-refractivity contribution < 1.29 is 67.0 Å². The van der Waals surface area contributed by atoms with E-state index < -0.39 is 64.7 Å². The molecule has 250 valence electrons. The third kappa shape index (κ3) is 8.26. The van der Waals surface area contributed by atoms with E-state index in [-0.39, 0.29) is 56.3 Å². The lowest BCUT2D eigenvalue weighted by molar-refractivity contribution is -0.291. The summed E-state index contributed by atoms with van der Waals surface area (Å²) in [6.07, 6.45) is 13.7. The van der Waals surface area contributed by atoms with E-state index in [4.69, 9.17) is 33.2 Å². The predicted molar refractivity (Wildman–Crippen MR) is 158 cm³/mol. The van der Waals surface area contributed by atoms with Crippen LogP contribution in [0.2, 0.25) is 0 Å². The minimum atomic E-state index is -1.62. The highest BCUT2D eigenvalue weighted by Crippen LogP contribution is 2.45. The second kappa shape index (κ2) is 14.4. The van der Waals surface area contributed by atoms with Crippen LogP contribution in [0.1, 0.15) is 59.3 Å². The van der Waals surface area contributed by atoms with Crippen LogP contribution in [-0.2, 0) is 61.9 Å². The highest BCUT2D eigenvalue weighted by molar-refractivity contribution is 6.16. The van der Waals surface area contributed by atoms with Gasteiger partial charge in [0.25, 0.3) is 23.3 Å². The molecule has 0 aromatic carbocycles. The van der Waals surface area contributed by atoms with Gasteiger partial charge in [-0.25, -0.2) is 24.0 Å². The summed E-state index contributed by atoms with van der Waals surface area (Å²) < 4.78 is 37.2. The molecule has 1 saturated carbocycles. The maximum Gasteiger partial charge on any atom is 0.348 e. The molecule has 3 heterocycles. The molecule has 3 aliphatic heterocycles. The fourth-order valence-corrected chi connectivity index (χ4v) is 4.91. The summed E-state index contributed by atoms with van der Waals surface area (Å²) in [7, 11) is 0. The van der Waals surface area contributed by atoms with E-state index in [0.717, 1.165) is 6.08 Å². The number of esters is 6. The lowest BCUT2D eigenvalue weighted by Crippen LogP contribution is -2.56. The van der Waals surface area contributed by atoms with Gasteiger partial charge in [-0.1, -0.05) is 42.5 Å². The molecule has 14 heteroatoms. The van der Waals surface area contributed by atoms with Gasteiger partial charge in [-0.15, -0.1) is 0 Å². The van der Waals surface area contributed by atoms with Crippen LogP contribution >= 0.6 is 0 Å². The number of aliphatic hydroxyl groups is 1. The Labute approximate surface area is 269 Å². The molecule has 2 saturated heterocycles. The Hall–Kier alpha value is -5.40. The van der Waals surface area contributed by atoms with Gasteiger partial charge >= 0.3 is 35.8 Å². The van der Waals surface area contributed by atoms with Crippen LogP contribution in [0.5, 0.6) is 0 Å². The largest absolute Gasteiger partial charge is 0.480 e. The lowest BCUT2D eigenvalue weighted by Gasteiger charge is -2.45. The van der Waals surface area contributed by atoms with Gasteiger partial charge in [0.15, 0.2) is 0 Å². The molecule has 1 atom stereocenters. The van der Waals surface area contributed by atoms with Crippen LogP contribution in [-0.4, -0.2) is 64.9 Å². The Balaban J connectivity index is 1.32. The van der Waals surface area contributed by atoms with E-state index >= 15 is 0 Å². The van der Waals surface area contributed by atoms with Crippen molar-refractivity contribution in [2.45, 2.75) is 76.7 Å². The number of aliphatic hydroxyl groups excluding tert-OH is 1. The number of ether oxygens (including phenoxy) is 7. The number of cyclic esters (lactones) is 1. The van der Waals surface area contributed by atoms with Crippen molar-refractivity contribution in [2.75, 3.05) is 6.61 Å². The molecule has 0 amide bonds. The molecule has 0 radical (unpaired) electrons. The zero-order valence-corrected chi connectivity index (χ0v) is 26.0. The van der Waals surface area contributed by atoms with E-state index in [0.29, 0.717) is 0 Å². The summed E-state index contributed by atoms with van der Waals surface area (Å²) in [6.45, 7) is 5.05. The Morgan fingerprint density at radius 2 is 1.21 bits per heavy atom. The van der Waals surface area contributed by atoms with E-state index in [2.05, 4.69) is 0 Å². The van der Waals surface area contributed by atoms with E-state index in [9.17, 15) is 33.9 Å². The van der Waals surface area contributed by atoms with Crippen molar-refractivity contribution in [2.24, 2.45) is 0 Å². The highest BCUT2D eigenvalue weighted by atomic mass is 16.8. The van der Waals surface area contributed by atoms with Crippen LogP contribution in [0.3, 0.4) is 0 Å². The second-order valence-electron chi connectivity index (χ2n) is 10.8. The molecule has 1 unspecified atom stereocenters. The van der Waals surface area contributed by atoms with Gasteiger partial charge < -0.3 is 38.3 Å². The van der Waals surface area contributed by atoms with Gasteiger partial charge in [0.2, 0.25) is 0 Å². The van der Waals surface area contributed by atoms with Gasteiger partial charge in [-0.3, -0.25) is 4.79 Å². The van der Waals surface area contributed by atoms with E-state index in [1.807, 2.05) is 6.92 Å². The molecular weight excluding hydrogens is 620 g/mol. The summed E-state index contributed by atoms with van der Waals surface area (Å²) in [6, 6.07) is 0. The molecule has 4 rings (SSSR count). The minimum absolute atomic E-state index is 0.0463. The van der Waals surface area contributed by atoms with E-state index in [1.54, 1.807) is 25.2 Å². The quantitative estimate of drug-likeness (QED) is 0.125. The van der Waals surface area contributed by atoms with Crippen molar-refractivity contribution in [1.82, 2.24) is 0 Å². The molecule has 4 aliphatic rings. The molecule has 0 aromatic heterocycles. The van der Waals surface area contributed by atoms with Crippen molar-refractivity contribution in [3.8, 4) is 0 Å². The number of hydrogen-bond acceptors (Lipinski definition) is 14. The first-order chi connectivity index (χ1) is 22.3. The van der Waals surface area contributed by atoms with Crippen LogP contribution in [0.4, 0.5) is 0 Å². The van der Waals surface area contributed by atoms with Crippen LogP contribution < -0.4 is 0 Å². The fourth-order valence-electron chi connectivity index (χ4n) is 4.91. The molecular formula is C33H34O14. The predicted octanol–water partition coefficient (Wildman–Crippen LogP) is 3.65. The molecule has 1 N–H and O–H groups in total. The molecule has 1 aliphatic carbocycles. The molecule has 0 aromatic rings. The Morgan fingerprint density at radius 1 is 0.723 bits per heavy atom. The summed E-state index contributed by atoms with van der Waals surface area (Å²) in [5, 5.41) is 10.2. The number of rotatable bonds is 9. The zero-order valence-electron chi connectivity index (χ0n) is 26.0. The zero-order chi connectivity index (χ0) is 34.2. The molecule has 14 nitrogen and oxygen atoms in total. The van der Waals surface area contributed by atoms with Crippen LogP contribution in [0.25, 0.3) is 0 Å². The van der Waals surface area contributed by atoms with Crippen molar-refractivity contribution >= 4 is 35.8 Å². The van der Waals surface area contributed by atoms with Gasteiger partial charge in [-0.05, 0) is 32.1 Å². The Kier molecular flexibility index (Phi) is 10.5. The topological polar surface area (TPSA) is 187 Å². The maximum atomic E-state index is 12.7. The SMILES string of the molecule is CC=CC=CC=C1C(=O)OC2(CCC3(CC2)OC(=O)C(=CC=CC=CC2=C(O)OC(C)(CCC(=O)OCC)OC2=O)C(=O)O3)OC1=O. The average Bonchev–Trinajstić information content (AvgIpc) is 2.99. The first-order valence-electron chi connectivity index (χ1n) is 14.8. The monoisotopic (exact) mass is 654 g/mol. The highest BCUT2D eigenvalue weighted by Gasteiger charge is 2.56. The second-order valence-corrected chi connectivity index (χ2v) is 10.8. The Morgan fingerprint density at radius 3 is 1.66 bits per heavy atom. The smallest absolute Gasteiger partial charge is 0.348 e. The standard InChI is InChI=1S/C33H34O14/c1-4-6-7-9-12-22-27(37)44-32(45-28(22)38)17-19-33(20-18-32)46-29(39)23(30(40)47-33)14-11-8-10-13-21-25(35)42-31(3,43-26(21)36)16-15-24(34)41-5-2/h4,6-14,35H,5,15-20H2,1-3H3. The fraction of sp³-hybridized carbons (Fsp3) is 0.394. The molecule has 3 fully saturated rings. The van der Waals surface area contributed by atoms with Gasteiger partial charge in [-0.2, -0.15) is 0 Å². The number of carbonyl (C=O) groups is 6. The van der Waals surface area contributed by atoms with Crippen molar-refractivity contribution in [3.05, 3.63) is 83.4 Å². The number of hydrogen-bond donors (Lipinski definition) is 1. The molecule has 2 spiro atoms. The number of allylic oxidation sites excluding steroid dienone is 9.